The van der Waals surface area contributed by atoms with Crippen LogP contribution in [0, 0.1) is 13.8 Å². The van der Waals surface area contributed by atoms with Crippen LogP contribution < -0.4 is 4.57 Å². The van der Waals surface area contributed by atoms with E-state index >= 15 is 0 Å². The maximum absolute atomic E-state index is 2.37. The second-order valence-electron chi connectivity index (χ2n) is 9.97. The van der Waals surface area contributed by atoms with Crippen molar-refractivity contribution in [2.45, 2.75) is 13.8 Å². The van der Waals surface area contributed by atoms with Crippen molar-refractivity contribution in [1.82, 2.24) is 4.57 Å². The van der Waals surface area contributed by atoms with Crippen molar-refractivity contribution in [1.29, 1.82) is 0 Å². The number of rotatable bonds is 4. The molecule has 2 nitrogen and oxygen atoms in total. The minimum Gasteiger partial charge on any atom is -0.226 e. The topological polar surface area (TPSA) is 8.81 Å². The molecule has 180 valence electrons. The lowest BCUT2D eigenvalue weighted by atomic mass is 9.87. The van der Waals surface area contributed by atoms with E-state index < -0.39 is 0 Å². The summed E-state index contributed by atoms with van der Waals surface area (Å²) in [6.45, 7) is 4.29. The number of nitrogens with zero attached hydrogens (tertiary/aromatic N) is 2. The van der Waals surface area contributed by atoms with E-state index in [1.807, 2.05) is 0 Å². The second kappa shape index (κ2) is 9.22. The highest BCUT2D eigenvalue weighted by molar-refractivity contribution is 5.96. The number of hydrogen-bond acceptors (Lipinski definition) is 0. The van der Waals surface area contributed by atoms with Gasteiger partial charge in [0.2, 0.25) is 0 Å². The smallest absolute Gasteiger partial charge is 0.226 e. The van der Waals surface area contributed by atoms with Crippen molar-refractivity contribution >= 4 is 11.0 Å². The van der Waals surface area contributed by atoms with E-state index in [1.54, 1.807) is 0 Å². The molecule has 0 aliphatic carbocycles. The summed E-state index contributed by atoms with van der Waals surface area (Å²) in [5, 5.41) is 0. The monoisotopic (exact) mass is 479 g/mol. The highest BCUT2D eigenvalue weighted by Crippen LogP contribution is 2.43. The van der Waals surface area contributed by atoms with Gasteiger partial charge >= 0.3 is 0 Å². The van der Waals surface area contributed by atoms with Crippen LogP contribution in [0.15, 0.2) is 115 Å². The van der Waals surface area contributed by atoms with Crippen LogP contribution in [0.5, 0.6) is 0 Å². The minimum absolute atomic E-state index is 1.19. The van der Waals surface area contributed by atoms with Gasteiger partial charge in [-0.05, 0) is 71.5 Å². The Balaban J connectivity index is 1.77. The molecular weight excluding hydrogens is 448 g/mol. The van der Waals surface area contributed by atoms with Crippen molar-refractivity contribution in [3.05, 3.63) is 126 Å². The first-order chi connectivity index (χ1) is 18.0. The molecule has 2 heteroatoms. The van der Waals surface area contributed by atoms with Crippen LogP contribution in [0.4, 0.5) is 0 Å². The molecule has 37 heavy (non-hydrogen) atoms. The molecule has 0 unspecified atom stereocenters. The molecule has 0 atom stereocenters. The summed E-state index contributed by atoms with van der Waals surface area (Å²) in [5.41, 5.74) is 13.6. The quantitative estimate of drug-likeness (QED) is 0.225. The molecule has 1 aromatic heterocycles. The molecule has 6 aromatic rings. The van der Waals surface area contributed by atoms with Gasteiger partial charge < -0.3 is 0 Å². The predicted octanol–water partition coefficient (Wildman–Crippen LogP) is 8.29. The third-order valence-corrected chi connectivity index (χ3v) is 7.43. The number of aryl methyl sites for hydroxylation is 4. The SMILES string of the molecule is Cc1ccc(-c2cc(-c3ccccc3)cc(-c3ccc(C)cc3)c2-c2n(C)c3ccccc3[n+]2C)cc1. The average Bonchev–Trinajstić information content (AvgIpc) is 3.19. The van der Waals surface area contributed by atoms with Crippen LogP contribution in [-0.2, 0) is 14.1 Å². The van der Waals surface area contributed by atoms with Gasteiger partial charge in [0.25, 0.3) is 5.82 Å². The highest BCUT2D eigenvalue weighted by atomic mass is 15.1. The van der Waals surface area contributed by atoms with Crippen molar-refractivity contribution < 1.29 is 4.57 Å². The van der Waals surface area contributed by atoms with E-state index in [1.165, 1.54) is 66.9 Å². The molecule has 0 spiro atoms. The third-order valence-electron chi connectivity index (χ3n) is 7.43. The number of hydrogen-bond donors (Lipinski definition) is 0. The van der Waals surface area contributed by atoms with Gasteiger partial charge in [-0.3, -0.25) is 0 Å². The van der Waals surface area contributed by atoms with E-state index in [-0.39, 0.29) is 0 Å². The van der Waals surface area contributed by atoms with Gasteiger partial charge in [0.15, 0.2) is 11.0 Å². The van der Waals surface area contributed by atoms with Crippen LogP contribution >= 0.6 is 0 Å². The maximum Gasteiger partial charge on any atom is 0.290 e. The summed E-state index contributed by atoms with van der Waals surface area (Å²) in [6.07, 6.45) is 0. The Morgan fingerprint density at radius 3 is 1.59 bits per heavy atom. The van der Waals surface area contributed by atoms with E-state index in [2.05, 4.69) is 152 Å². The molecule has 1 heterocycles. The van der Waals surface area contributed by atoms with Gasteiger partial charge in [-0.1, -0.05) is 102 Å². The number of aromatic nitrogens is 2. The fourth-order valence-corrected chi connectivity index (χ4v) is 5.42. The largest absolute Gasteiger partial charge is 0.290 e. The summed E-state index contributed by atoms with van der Waals surface area (Å²) in [4.78, 5) is 0. The van der Waals surface area contributed by atoms with Gasteiger partial charge in [0.05, 0.1) is 19.7 Å². The standard InChI is InChI=1S/C35H31N2/c1-24-14-18-27(19-15-24)30-22-29(26-10-6-5-7-11-26)23-31(28-20-16-25(2)17-21-28)34(30)35-36(3)32-12-8-9-13-33(32)37(35)4/h5-23H,1-4H3/q+1. The summed E-state index contributed by atoms with van der Waals surface area (Å²) in [6, 6.07) is 41.9. The van der Waals surface area contributed by atoms with Crippen LogP contribution in [0.1, 0.15) is 11.1 Å². The number of benzene rings is 5. The molecule has 6 rings (SSSR count). The first kappa shape index (κ1) is 23.0. The zero-order valence-corrected chi connectivity index (χ0v) is 21.9. The van der Waals surface area contributed by atoms with Crippen LogP contribution in [-0.4, -0.2) is 4.57 Å². The van der Waals surface area contributed by atoms with Gasteiger partial charge in [-0.25, -0.2) is 9.13 Å². The van der Waals surface area contributed by atoms with Gasteiger partial charge in [0.1, 0.15) is 0 Å². The van der Waals surface area contributed by atoms with Crippen LogP contribution in [0.2, 0.25) is 0 Å². The minimum atomic E-state index is 1.19. The lowest BCUT2D eigenvalue weighted by Crippen LogP contribution is -2.30. The van der Waals surface area contributed by atoms with Crippen molar-refractivity contribution in [2.75, 3.05) is 0 Å². The lowest BCUT2D eigenvalue weighted by Gasteiger charge is -2.17. The average molecular weight is 480 g/mol. The second-order valence-corrected chi connectivity index (χ2v) is 9.97. The van der Waals surface area contributed by atoms with E-state index in [4.69, 9.17) is 0 Å². The zero-order chi connectivity index (χ0) is 25.5. The predicted molar refractivity (Wildman–Crippen MR) is 155 cm³/mol. The van der Waals surface area contributed by atoms with Crippen molar-refractivity contribution in [2.24, 2.45) is 14.1 Å². The first-order valence-corrected chi connectivity index (χ1v) is 12.8. The Morgan fingerprint density at radius 1 is 0.541 bits per heavy atom. The lowest BCUT2D eigenvalue weighted by molar-refractivity contribution is -0.634. The van der Waals surface area contributed by atoms with Gasteiger partial charge in [0, 0.05) is 0 Å². The number of imidazole rings is 1. The van der Waals surface area contributed by atoms with Gasteiger partial charge in [-0.15, -0.1) is 0 Å². The summed E-state index contributed by atoms with van der Waals surface area (Å²) < 4.78 is 4.67. The summed E-state index contributed by atoms with van der Waals surface area (Å²) in [5.74, 6) is 1.19. The van der Waals surface area contributed by atoms with E-state index in [0.29, 0.717) is 0 Å². The molecule has 0 fully saturated rings. The molecule has 0 N–H and O–H groups in total. The highest BCUT2D eigenvalue weighted by Gasteiger charge is 2.28. The van der Waals surface area contributed by atoms with Crippen molar-refractivity contribution in [3.63, 3.8) is 0 Å². The fraction of sp³-hybridized carbons (Fsp3) is 0.114. The van der Waals surface area contributed by atoms with E-state index in [0.717, 1.165) is 0 Å². The molecule has 0 saturated heterocycles. The Morgan fingerprint density at radius 2 is 1.05 bits per heavy atom. The first-order valence-electron chi connectivity index (χ1n) is 12.8. The molecule has 0 amide bonds. The Bertz CT molecular complexity index is 1620. The summed E-state index contributed by atoms with van der Waals surface area (Å²) >= 11 is 0. The normalized spacial score (nSPS) is 11.2. The number of para-hydroxylation sites is 2. The molecule has 0 saturated carbocycles. The molecule has 0 bridgehead atoms. The molecule has 0 radical (unpaired) electrons. The van der Waals surface area contributed by atoms with Gasteiger partial charge in [-0.2, -0.15) is 0 Å². The third kappa shape index (κ3) is 4.05. The van der Waals surface area contributed by atoms with E-state index in [9.17, 15) is 0 Å². The van der Waals surface area contributed by atoms with Crippen LogP contribution in [0.3, 0.4) is 0 Å². The maximum atomic E-state index is 2.37. The zero-order valence-electron chi connectivity index (χ0n) is 21.9. The van der Waals surface area contributed by atoms with Crippen molar-refractivity contribution in [3.8, 4) is 44.8 Å². The molecule has 0 aliphatic rings. The Labute approximate surface area is 219 Å². The molecule has 5 aromatic carbocycles. The Kier molecular flexibility index (Phi) is 5.73. The number of fused-ring (bicyclic) bond motifs is 1. The van der Waals surface area contributed by atoms with Crippen LogP contribution in [0.25, 0.3) is 55.8 Å². The summed E-state index contributed by atoms with van der Waals surface area (Å²) in [7, 11) is 4.36. The Hall–Kier alpha value is -4.43. The molecule has 0 aliphatic heterocycles. The fourth-order valence-electron chi connectivity index (χ4n) is 5.42. The molecular formula is C35H31N2+.